The summed E-state index contributed by atoms with van der Waals surface area (Å²) in [5.74, 6) is -0.339. The topological polar surface area (TPSA) is 92.6 Å². The van der Waals surface area contributed by atoms with Crippen molar-refractivity contribution in [3.05, 3.63) is 71.5 Å². The molecule has 0 saturated carbocycles. The van der Waals surface area contributed by atoms with E-state index in [0.29, 0.717) is 22.0 Å². The van der Waals surface area contributed by atoms with Gasteiger partial charge in [-0.3, -0.25) is 9.20 Å². The zero-order chi connectivity index (χ0) is 23.1. The number of fused-ring (bicyclic) bond motifs is 1. The minimum atomic E-state index is -3.70. The van der Waals surface area contributed by atoms with Gasteiger partial charge in [0.15, 0.2) is 4.96 Å². The maximum Gasteiger partial charge on any atom is 0.256 e. The van der Waals surface area contributed by atoms with E-state index in [1.54, 1.807) is 43.5 Å². The molecule has 4 aromatic rings. The zero-order valence-electron chi connectivity index (χ0n) is 17.6. The summed E-state index contributed by atoms with van der Waals surface area (Å²) in [6.45, 7) is 5.26. The van der Waals surface area contributed by atoms with E-state index in [-0.39, 0.29) is 16.3 Å². The van der Waals surface area contributed by atoms with Gasteiger partial charge in [-0.1, -0.05) is 0 Å². The molecule has 2 aromatic carbocycles. The Kier molecular flexibility index (Phi) is 5.61. The molecule has 10 heteroatoms. The molecule has 1 amide bonds. The normalized spacial score (nSPS) is 12.2. The van der Waals surface area contributed by atoms with Gasteiger partial charge < -0.3 is 5.32 Å². The molecular weight excluding hydrogens is 451 g/mol. The SMILES string of the molecule is CC(C)(C)NS(=O)(=O)c1ccc(C(=O)Nc2c(-c3ccc(F)cc3)nc3sccn23)cc1. The van der Waals surface area contributed by atoms with Gasteiger partial charge in [-0.05, 0) is 69.3 Å². The van der Waals surface area contributed by atoms with Crippen molar-refractivity contribution >= 4 is 38.0 Å². The van der Waals surface area contributed by atoms with Gasteiger partial charge in [0.1, 0.15) is 17.3 Å². The Balaban J connectivity index is 1.63. The minimum Gasteiger partial charge on any atom is -0.306 e. The number of benzene rings is 2. The smallest absolute Gasteiger partial charge is 0.256 e. The maximum atomic E-state index is 13.3. The molecule has 4 rings (SSSR count). The number of sulfonamides is 1. The van der Waals surface area contributed by atoms with Crippen molar-refractivity contribution in [1.29, 1.82) is 0 Å². The molecule has 32 heavy (non-hydrogen) atoms. The predicted octanol–water partition coefficient (Wildman–Crippen LogP) is 4.53. The standard InChI is InChI=1S/C22H21FN4O3S2/c1-22(2,3)26-32(29,30)17-10-6-15(7-11-17)20(28)25-19-18(14-4-8-16(23)9-5-14)24-21-27(19)12-13-31-21/h4-13,26H,1-3H3,(H,25,28). The number of amides is 1. The van der Waals surface area contributed by atoms with Crippen LogP contribution in [0, 0.1) is 5.82 Å². The highest BCUT2D eigenvalue weighted by Gasteiger charge is 2.23. The van der Waals surface area contributed by atoms with Gasteiger partial charge in [-0.15, -0.1) is 11.3 Å². The van der Waals surface area contributed by atoms with Crippen molar-refractivity contribution in [2.45, 2.75) is 31.2 Å². The molecule has 0 saturated heterocycles. The van der Waals surface area contributed by atoms with Gasteiger partial charge >= 0.3 is 0 Å². The summed E-state index contributed by atoms with van der Waals surface area (Å²) in [6.07, 6.45) is 1.78. The largest absolute Gasteiger partial charge is 0.306 e. The summed E-state index contributed by atoms with van der Waals surface area (Å²) in [5, 5.41) is 4.70. The highest BCUT2D eigenvalue weighted by atomic mass is 32.2. The molecule has 166 valence electrons. The van der Waals surface area contributed by atoms with E-state index in [4.69, 9.17) is 0 Å². The minimum absolute atomic E-state index is 0.0700. The maximum absolute atomic E-state index is 13.3. The van der Waals surface area contributed by atoms with Crippen LogP contribution in [0.3, 0.4) is 0 Å². The van der Waals surface area contributed by atoms with Crippen LogP contribution >= 0.6 is 11.3 Å². The number of nitrogens with one attached hydrogen (secondary N) is 2. The molecule has 0 unspecified atom stereocenters. The second-order valence-corrected chi connectivity index (χ2v) is 10.8. The molecule has 2 heterocycles. The Morgan fingerprint density at radius 3 is 2.34 bits per heavy atom. The van der Waals surface area contributed by atoms with E-state index in [9.17, 15) is 17.6 Å². The van der Waals surface area contributed by atoms with Crippen molar-refractivity contribution in [3.8, 4) is 11.3 Å². The van der Waals surface area contributed by atoms with Gasteiger partial charge in [0.05, 0.1) is 4.90 Å². The average molecular weight is 473 g/mol. The number of anilines is 1. The van der Waals surface area contributed by atoms with Gasteiger partial charge in [-0.25, -0.2) is 22.5 Å². The van der Waals surface area contributed by atoms with Crippen LogP contribution in [0.1, 0.15) is 31.1 Å². The third-order valence-electron chi connectivity index (χ3n) is 4.48. The number of thiazole rings is 1. The summed E-state index contributed by atoms with van der Waals surface area (Å²) in [4.78, 5) is 18.2. The molecule has 7 nitrogen and oxygen atoms in total. The average Bonchev–Trinajstić information content (AvgIpc) is 3.29. The molecule has 2 N–H and O–H groups in total. The molecule has 0 aliphatic rings. The van der Waals surface area contributed by atoms with Crippen LogP contribution in [-0.2, 0) is 10.0 Å². The molecule has 0 radical (unpaired) electrons. The van der Waals surface area contributed by atoms with Crippen LogP contribution in [0.25, 0.3) is 16.2 Å². The molecule has 2 aromatic heterocycles. The van der Waals surface area contributed by atoms with Gasteiger partial charge in [0, 0.05) is 28.2 Å². The number of imidazole rings is 1. The quantitative estimate of drug-likeness (QED) is 0.446. The lowest BCUT2D eigenvalue weighted by Gasteiger charge is -2.20. The molecule has 0 aliphatic carbocycles. The third kappa shape index (κ3) is 4.57. The van der Waals surface area contributed by atoms with E-state index in [2.05, 4.69) is 15.0 Å². The first-order valence-corrected chi connectivity index (χ1v) is 12.1. The van der Waals surface area contributed by atoms with Crippen LogP contribution in [-0.4, -0.2) is 29.2 Å². The molecular formula is C22H21FN4O3S2. The van der Waals surface area contributed by atoms with Crippen molar-refractivity contribution in [1.82, 2.24) is 14.1 Å². The van der Waals surface area contributed by atoms with Crippen molar-refractivity contribution in [3.63, 3.8) is 0 Å². The Morgan fingerprint density at radius 2 is 1.72 bits per heavy atom. The number of hydrogen-bond donors (Lipinski definition) is 2. The fraction of sp³-hybridized carbons (Fsp3) is 0.182. The lowest BCUT2D eigenvalue weighted by molar-refractivity contribution is 0.102. The molecule has 0 bridgehead atoms. The van der Waals surface area contributed by atoms with Crippen LogP contribution in [0.15, 0.2) is 65.0 Å². The van der Waals surface area contributed by atoms with Crippen LogP contribution in [0.4, 0.5) is 10.2 Å². The second-order valence-electron chi connectivity index (χ2n) is 8.21. The van der Waals surface area contributed by atoms with Crippen molar-refractivity contribution in [2.24, 2.45) is 0 Å². The number of halogens is 1. The monoisotopic (exact) mass is 472 g/mol. The fourth-order valence-electron chi connectivity index (χ4n) is 3.14. The van der Waals surface area contributed by atoms with E-state index in [0.717, 1.165) is 0 Å². The van der Waals surface area contributed by atoms with Crippen molar-refractivity contribution in [2.75, 3.05) is 5.32 Å². The Morgan fingerprint density at radius 1 is 1.06 bits per heavy atom. The van der Waals surface area contributed by atoms with Gasteiger partial charge in [0.2, 0.25) is 10.0 Å². The van der Waals surface area contributed by atoms with Crippen molar-refractivity contribution < 1.29 is 17.6 Å². The number of carbonyl (C=O) groups excluding carboxylic acids is 1. The molecule has 0 atom stereocenters. The van der Waals surface area contributed by atoms with E-state index < -0.39 is 21.5 Å². The summed E-state index contributed by atoms with van der Waals surface area (Å²) < 4.78 is 42.6. The summed E-state index contributed by atoms with van der Waals surface area (Å²) in [7, 11) is -3.70. The Hall–Kier alpha value is -3.08. The lowest BCUT2D eigenvalue weighted by Crippen LogP contribution is -2.40. The van der Waals surface area contributed by atoms with Crippen LogP contribution in [0.5, 0.6) is 0 Å². The number of hydrogen-bond acceptors (Lipinski definition) is 5. The summed E-state index contributed by atoms with van der Waals surface area (Å²) >= 11 is 1.40. The summed E-state index contributed by atoms with van der Waals surface area (Å²) in [6, 6.07) is 11.5. The number of carbonyl (C=O) groups is 1. The van der Waals surface area contributed by atoms with E-state index >= 15 is 0 Å². The van der Waals surface area contributed by atoms with Gasteiger partial charge in [-0.2, -0.15) is 0 Å². The fourth-order valence-corrected chi connectivity index (χ4v) is 5.27. The zero-order valence-corrected chi connectivity index (χ0v) is 19.2. The van der Waals surface area contributed by atoms with Crippen LogP contribution < -0.4 is 10.0 Å². The van der Waals surface area contributed by atoms with Crippen LogP contribution in [0.2, 0.25) is 0 Å². The number of nitrogens with zero attached hydrogens (tertiary/aromatic N) is 2. The highest BCUT2D eigenvalue weighted by molar-refractivity contribution is 7.89. The summed E-state index contributed by atoms with van der Waals surface area (Å²) in [5.41, 5.74) is 0.834. The van der Waals surface area contributed by atoms with E-state index in [1.807, 2.05) is 5.38 Å². The van der Waals surface area contributed by atoms with Gasteiger partial charge in [0.25, 0.3) is 5.91 Å². The third-order valence-corrected chi connectivity index (χ3v) is 7.01. The second kappa shape index (κ2) is 8.12. The first kappa shape index (κ1) is 22.1. The molecule has 0 aliphatic heterocycles. The predicted molar refractivity (Wildman–Crippen MR) is 123 cm³/mol. The Bertz CT molecular complexity index is 1380. The molecule has 0 fully saturated rings. The molecule has 0 spiro atoms. The Labute approximate surface area is 189 Å². The van der Waals surface area contributed by atoms with E-state index in [1.165, 1.54) is 47.7 Å². The first-order valence-electron chi connectivity index (χ1n) is 9.70. The number of aromatic nitrogens is 2. The highest BCUT2D eigenvalue weighted by Crippen LogP contribution is 2.31. The first-order chi connectivity index (χ1) is 15.0. The lowest BCUT2D eigenvalue weighted by atomic mass is 10.1. The number of rotatable bonds is 5.